The highest BCUT2D eigenvalue weighted by Crippen LogP contribution is 2.11. The summed E-state index contributed by atoms with van der Waals surface area (Å²) in [5.74, 6) is -1.75. The minimum atomic E-state index is -1.05. The molecule has 0 aromatic heterocycles. The van der Waals surface area contributed by atoms with Gasteiger partial charge in [-0.3, -0.25) is 9.59 Å². The third kappa shape index (κ3) is 5.64. The van der Waals surface area contributed by atoms with Gasteiger partial charge in [-0.1, -0.05) is 25.8 Å². The number of carbonyl (C=O) groups excluding carboxylic acids is 2. The van der Waals surface area contributed by atoms with Gasteiger partial charge in [-0.05, 0) is 24.6 Å². The van der Waals surface area contributed by atoms with Crippen molar-refractivity contribution in [3.63, 3.8) is 0 Å². The van der Waals surface area contributed by atoms with Crippen LogP contribution in [0.1, 0.15) is 43.5 Å². The van der Waals surface area contributed by atoms with Gasteiger partial charge in [0.15, 0.2) is 0 Å². The zero-order valence-electron chi connectivity index (χ0n) is 12.2. The fourth-order valence-electron chi connectivity index (χ4n) is 1.85. The fourth-order valence-corrected chi connectivity index (χ4v) is 1.85. The third-order valence-electron chi connectivity index (χ3n) is 2.89. The van der Waals surface area contributed by atoms with E-state index in [0.717, 1.165) is 12.8 Å². The number of hydrogen-bond acceptors (Lipinski definition) is 3. The molecule has 2 amide bonds. The van der Waals surface area contributed by atoms with Crippen LogP contribution in [-0.2, 0) is 9.59 Å². The maximum Gasteiger partial charge on any atom is 0.326 e. The van der Waals surface area contributed by atoms with Crippen molar-refractivity contribution in [3.05, 3.63) is 29.8 Å². The quantitative estimate of drug-likeness (QED) is 0.716. The molecule has 6 heteroatoms. The largest absolute Gasteiger partial charge is 0.480 e. The molecule has 0 heterocycles. The molecule has 0 fully saturated rings. The van der Waals surface area contributed by atoms with Crippen LogP contribution in [0.2, 0.25) is 0 Å². The second-order valence-electron chi connectivity index (χ2n) is 4.77. The Hall–Kier alpha value is -2.37. The minimum absolute atomic E-state index is 0.237. The van der Waals surface area contributed by atoms with Gasteiger partial charge in [0.2, 0.25) is 5.91 Å². The molecule has 0 radical (unpaired) electrons. The molecule has 21 heavy (non-hydrogen) atoms. The average molecular weight is 292 g/mol. The van der Waals surface area contributed by atoms with E-state index < -0.39 is 17.9 Å². The lowest BCUT2D eigenvalue weighted by Gasteiger charge is -2.14. The number of nitrogens with one attached hydrogen (secondary N) is 2. The van der Waals surface area contributed by atoms with Crippen molar-refractivity contribution in [2.75, 3.05) is 5.32 Å². The number of carboxylic acids is 1. The molecule has 6 nitrogen and oxygen atoms in total. The van der Waals surface area contributed by atoms with E-state index >= 15 is 0 Å². The first kappa shape index (κ1) is 16.7. The summed E-state index contributed by atoms with van der Waals surface area (Å²) >= 11 is 0. The Kier molecular flexibility index (Phi) is 6.39. The smallest absolute Gasteiger partial charge is 0.326 e. The normalized spacial score (nSPS) is 11.5. The molecule has 1 aromatic rings. The van der Waals surface area contributed by atoms with E-state index in [1.807, 2.05) is 6.92 Å². The number of amides is 2. The summed E-state index contributed by atoms with van der Waals surface area (Å²) in [5.41, 5.74) is 0.805. The first-order valence-electron chi connectivity index (χ1n) is 6.85. The lowest BCUT2D eigenvalue weighted by atomic mass is 10.1. The summed E-state index contributed by atoms with van der Waals surface area (Å²) in [5, 5.41) is 14.2. The van der Waals surface area contributed by atoms with Crippen molar-refractivity contribution in [2.24, 2.45) is 0 Å². The molecule has 0 unspecified atom stereocenters. The van der Waals surface area contributed by atoms with Gasteiger partial charge >= 0.3 is 5.97 Å². The predicted octanol–water partition coefficient (Wildman–Crippen LogP) is 2.02. The van der Waals surface area contributed by atoms with Gasteiger partial charge in [0.25, 0.3) is 5.91 Å². The van der Waals surface area contributed by atoms with Gasteiger partial charge in [0, 0.05) is 18.2 Å². The first-order chi connectivity index (χ1) is 9.93. The van der Waals surface area contributed by atoms with E-state index in [0.29, 0.717) is 17.7 Å². The molecule has 0 aliphatic rings. The molecular formula is C15H20N2O4. The van der Waals surface area contributed by atoms with Crippen LogP contribution in [0.5, 0.6) is 0 Å². The Morgan fingerprint density at radius 2 is 2.00 bits per heavy atom. The van der Waals surface area contributed by atoms with Gasteiger partial charge in [-0.15, -0.1) is 0 Å². The molecule has 114 valence electrons. The monoisotopic (exact) mass is 292 g/mol. The van der Waals surface area contributed by atoms with Crippen LogP contribution in [0.15, 0.2) is 24.3 Å². The number of carbonyl (C=O) groups is 3. The zero-order valence-corrected chi connectivity index (χ0v) is 12.2. The van der Waals surface area contributed by atoms with Crippen molar-refractivity contribution < 1.29 is 19.5 Å². The lowest BCUT2D eigenvalue weighted by Crippen LogP contribution is -2.40. The summed E-state index contributed by atoms with van der Waals surface area (Å²) in [6.07, 6.45) is 1.98. The van der Waals surface area contributed by atoms with Crippen LogP contribution >= 0.6 is 0 Å². The van der Waals surface area contributed by atoms with E-state index in [9.17, 15) is 14.4 Å². The van der Waals surface area contributed by atoms with Gasteiger partial charge in [0.1, 0.15) is 6.04 Å². The third-order valence-corrected chi connectivity index (χ3v) is 2.89. The maximum absolute atomic E-state index is 12.1. The number of carboxylic acid groups (broad SMARTS) is 1. The van der Waals surface area contributed by atoms with Crippen molar-refractivity contribution in [1.29, 1.82) is 0 Å². The Morgan fingerprint density at radius 3 is 2.57 bits per heavy atom. The van der Waals surface area contributed by atoms with Crippen LogP contribution in [0.4, 0.5) is 5.69 Å². The Balaban J connectivity index is 2.77. The Morgan fingerprint density at radius 1 is 1.29 bits per heavy atom. The highest BCUT2D eigenvalue weighted by atomic mass is 16.4. The molecule has 0 aliphatic carbocycles. The van der Waals surface area contributed by atoms with E-state index in [-0.39, 0.29) is 5.91 Å². The van der Waals surface area contributed by atoms with Gasteiger partial charge in [0.05, 0.1) is 0 Å². The SMILES string of the molecule is CCCC[C@@H](NC(=O)c1cccc(NC(C)=O)c1)C(=O)O. The molecule has 0 spiro atoms. The number of unbranched alkanes of at least 4 members (excludes halogenated alkanes) is 1. The summed E-state index contributed by atoms with van der Waals surface area (Å²) in [6.45, 7) is 3.33. The molecule has 0 bridgehead atoms. The molecule has 0 saturated heterocycles. The van der Waals surface area contributed by atoms with E-state index in [1.165, 1.54) is 13.0 Å². The van der Waals surface area contributed by atoms with Crippen LogP contribution in [-0.4, -0.2) is 28.9 Å². The van der Waals surface area contributed by atoms with Crippen LogP contribution in [0.25, 0.3) is 0 Å². The fraction of sp³-hybridized carbons (Fsp3) is 0.400. The topological polar surface area (TPSA) is 95.5 Å². The standard InChI is InChI=1S/C15H20N2O4/c1-3-4-8-13(15(20)21)17-14(19)11-6-5-7-12(9-11)16-10(2)18/h5-7,9,13H,3-4,8H2,1-2H3,(H,16,18)(H,17,19)(H,20,21)/t13-/m1/s1. The van der Waals surface area contributed by atoms with Gasteiger partial charge in [-0.2, -0.15) is 0 Å². The highest BCUT2D eigenvalue weighted by Gasteiger charge is 2.20. The molecule has 0 saturated carbocycles. The molecule has 1 aromatic carbocycles. The van der Waals surface area contributed by atoms with Crippen LogP contribution < -0.4 is 10.6 Å². The van der Waals surface area contributed by atoms with E-state index in [4.69, 9.17) is 5.11 Å². The Bertz CT molecular complexity index is 528. The average Bonchev–Trinajstić information content (AvgIpc) is 2.42. The maximum atomic E-state index is 12.1. The van der Waals surface area contributed by atoms with E-state index in [1.54, 1.807) is 18.2 Å². The molecule has 3 N–H and O–H groups in total. The summed E-state index contributed by atoms with van der Waals surface area (Å²) in [6, 6.07) is 5.46. The van der Waals surface area contributed by atoms with Crippen molar-refractivity contribution in [2.45, 2.75) is 39.2 Å². The molecule has 1 rings (SSSR count). The van der Waals surface area contributed by atoms with Crippen LogP contribution in [0, 0.1) is 0 Å². The van der Waals surface area contributed by atoms with Gasteiger partial charge in [-0.25, -0.2) is 4.79 Å². The zero-order chi connectivity index (χ0) is 15.8. The van der Waals surface area contributed by atoms with Crippen molar-refractivity contribution in [3.8, 4) is 0 Å². The second-order valence-corrected chi connectivity index (χ2v) is 4.77. The van der Waals surface area contributed by atoms with Crippen molar-refractivity contribution >= 4 is 23.5 Å². The molecule has 1 atom stereocenters. The lowest BCUT2D eigenvalue weighted by molar-refractivity contribution is -0.139. The van der Waals surface area contributed by atoms with Crippen LogP contribution in [0.3, 0.4) is 0 Å². The highest BCUT2D eigenvalue weighted by molar-refractivity contribution is 5.98. The number of anilines is 1. The second kappa shape index (κ2) is 8.04. The predicted molar refractivity (Wildman–Crippen MR) is 79.2 cm³/mol. The number of hydrogen-bond donors (Lipinski definition) is 3. The number of rotatable bonds is 7. The minimum Gasteiger partial charge on any atom is -0.480 e. The number of aliphatic carboxylic acids is 1. The Labute approximate surface area is 123 Å². The summed E-state index contributed by atoms with van der Waals surface area (Å²) in [7, 11) is 0. The summed E-state index contributed by atoms with van der Waals surface area (Å²) < 4.78 is 0. The van der Waals surface area contributed by atoms with E-state index in [2.05, 4.69) is 10.6 Å². The first-order valence-corrected chi connectivity index (χ1v) is 6.85. The van der Waals surface area contributed by atoms with Crippen molar-refractivity contribution in [1.82, 2.24) is 5.32 Å². The molecular weight excluding hydrogens is 272 g/mol. The number of benzene rings is 1. The molecule has 0 aliphatic heterocycles. The van der Waals surface area contributed by atoms with Gasteiger partial charge < -0.3 is 15.7 Å². The summed E-state index contributed by atoms with van der Waals surface area (Å²) in [4.78, 5) is 34.2.